The van der Waals surface area contributed by atoms with Crippen LogP contribution in [0.2, 0.25) is 0 Å². The van der Waals surface area contributed by atoms with E-state index in [9.17, 15) is 13.2 Å². The van der Waals surface area contributed by atoms with Crippen LogP contribution in [-0.2, 0) is 19.3 Å². The van der Waals surface area contributed by atoms with E-state index in [1.165, 1.54) is 25.0 Å². The summed E-state index contributed by atoms with van der Waals surface area (Å²) in [4.78, 5) is 2.41. The van der Waals surface area contributed by atoms with Crippen LogP contribution in [0.1, 0.15) is 29.5 Å². The molecule has 1 saturated heterocycles. The van der Waals surface area contributed by atoms with Crippen molar-refractivity contribution >= 4 is 0 Å². The molecule has 2 heterocycles. The molecule has 0 radical (unpaired) electrons. The molecule has 4 nitrogen and oxygen atoms in total. The molecule has 0 spiro atoms. The minimum absolute atomic E-state index is 0.470. The van der Waals surface area contributed by atoms with E-state index < -0.39 is 11.7 Å². The Morgan fingerprint density at radius 1 is 1.16 bits per heavy atom. The predicted octanol–water partition coefficient (Wildman–Crippen LogP) is 3.13. The second-order valence-corrected chi connectivity index (χ2v) is 6.60. The van der Waals surface area contributed by atoms with Crippen molar-refractivity contribution in [1.29, 1.82) is 0 Å². The number of rotatable bonds is 5. The molecule has 1 aliphatic heterocycles. The maximum Gasteiger partial charge on any atom is 0.416 e. The third kappa shape index (κ3) is 4.83. The number of nitrogens with zero attached hydrogens (tertiary/aromatic N) is 3. The highest BCUT2D eigenvalue weighted by Crippen LogP contribution is 2.29. The predicted molar refractivity (Wildman–Crippen MR) is 90.1 cm³/mol. The third-order valence-corrected chi connectivity index (χ3v) is 4.63. The molecule has 0 saturated carbocycles. The molecule has 7 heteroatoms. The number of likely N-dealkylation sites (tertiary alicyclic amines) is 1. The number of alkyl halides is 3. The summed E-state index contributed by atoms with van der Waals surface area (Å²) in [6.45, 7) is 3.44. The van der Waals surface area contributed by atoms with Crippen LogP contribution in [0.3, 0.4) is 0 Å². The van der Waals surface area contributed by atoms with E-state index in [-0.39, 0.29) is 0 Å². The van der Waals surface area contributed by atoms with E-state index in [2.05, 4.69) is 15.3 Å². The van der Waals surface area contributed by atoms with Crippen LogP contribution in [0.5, 0.6) is 0 Å². The van der Waals surface area contributed by atoms with Crippen molar-refractivity contribution in [3.8, 4) is 0 Å². The molecule has 0 bridgehead atoms. The van der Waals surface area contributed by atoms with E-state index in [1.807, 2.05) is 19.4 Å². The number of hydrogen-bond donors (Lipinski definition) is 1. The third-order valence-electron chi connectivity index (χ3n) is 4.63. The highest BCUT2D eigenvalue weighted by atomic mass is 19.4. The zero-order valence-corrected chi connectivity index (χ0v) is 14.3. The van der Waals surface area contributed by atoms with E-state index in [0.717, 1.165) is 42.9 Å². The molecule has 0 amide bonds. The lowest BCUT2D eigenvalue weighted by Crippen LogP contribution is -2.43. The number of likely N-dealkylation sites (N-methyl/N-ethyl adjacent to an activating group) is 1. The lowest BCUT2D eigenvalue weighted by molar-refractivity contribution is -0.137. The van der Waals surface area contributed by atoms with Crippen molar-refractivity contribution in [2.24, 2.45) is 0 Å². The van der Waals surface area contributed by atoms with Gasteiger partial charge < -0.3 is 5.32 Å². The molecule has 1 atom stereocenters. The SMILES string of the molecule is CNC1CCCN(Cc2cnn(Cc3ccc(C(F)(F)F)cc3)c2)C1. The second kappa shape index (κ2) is 7.58. The van der Waals surface area contributed by atoms with Gasteiger partial charge in [0.05, 0.1) is 18.3 Å². The molecule has 136 valence electrons. The van der Waals surface area contributed by atoms with E-state index in [4.69, 9.17) is 0 Å². The zero-order valence-electron chi connectivity index (χ0n) is 14.3. The fourth-order valence-corrected chi connectivity index (χ4v) is 3.25. The van der Waals surface area contributed by atoms with Crippen LogP contribution in [0, 0.1) is 0 Å². The van der Waals surface area contributed by atoms with Crippen molar-refractivity contribution in [3.63, 3.8) is 0 Å². The molecular formula is C18H23F3N4. The summed E-state index contributed by atoms with van der Waals surface area (Å²) in [5, 5.41) is 7.67. The first-order valence-corrected chi connectivity index (χ1v) is 8.51. The van der Waals surface area contributed by atoms with E-state index >= 15 is 0 Å². The molecule has 1 fully saturated rings. The van der Waals surface area contributed by atoms with Gasteiger partial charge in [-0.1, -0.05) is 12.1 Å². The van der Waals surface area contributed by atoms with Gasteiger partial charge in [-0.2, -0.15) is 18.3 Å². The molecule has 1 aromatic heterocycles. The van der Waals surface area contributed by atoms with Gasteiger partial charge in [0.25, 0.3) is 0 Å². The maximum absolute atomic E-state index is 12.6. The zero-order chi connectivity index (χ0) is 17.9. The number of hydrogen-bond acceptors (Lipinski definition) is 3. The first-order chi connectivity index (χ1) is 11.9. The van der Waals surface area contributed by atoms with Crippen LogP contribution < -0.4 is 5.32 Å². The Morgan fingerprint density at radius 2 is 1.92 bits per heavy atom. The first-order valence-electron chi connectivity index (χ1n) is 8.51. The van der Waals surface area contributed by atoms with Gasteiger partial charge in [-0.3, -0.25) is 9.58 Å². The summed E-state index contributed by atoms with van der Waals surface area (Å²) in [6.07, 6.45) is 1.91. The van der Waals surface area contributed by atoms with Crippen LogP contribution >= 0.6 is 0 Å². The van der Waals surface area contributed by atoms with E-state index in [1.54, 1.807) is 4.68 Å². The lowest BCUT2D eigenvalue weighted by atomic mass is 10.1. The number of halogens is 3. The molecule has 3 rings (SSSR count). The smallest absolute Gasteiger partial charge is 0.316 e. The molecule has 1 N–H and O–H groups in total. The highest BCUT2D eigenvalue weighted by molar-refractivity contribution is 5.24. The number of nitrogens with one attached hydrogen (secondary N) is 1. The Hall–Kier alpha value is -1.86. The highest BCUT2D eigenvalue weighted by Gasteiger charge is 2.29. The summed E-state index contributed by atoms with van der Waals surface area (Å²) >= 11 is 0. The van der Waals surface area contributed by atoms with Crippen molar-refractivity contribution in [3.05, 3.63) is 53.3 Å². The minimum Gasteiger partial charge on any atom is -0.316 e. The van der Waals surface area contributed by atoms with Crippen LogP contribution in [0.4, 0.5) is 13.2 Å². The molecule has 25 heavy (non-hydrogen) atoms. The van der Waals surface area contributed by atoms with Gasteiger partial charge in [0.2, 0.25) is 0 Å². The minimum atomic E-state index is -4.29. The van der Waals surface area contributed by atoms with Gasteiger partial charge in [0.15, 0.2) is 0 Å². The Bertz CT molecular complexity index is 678. The average molecular weight is 352 g/mol. The topological polar surface area (TPSA) is 33.1 Å². The van der Waals surface area contributed by atoms with Crippen molar-refractivity contribution in [2.75, 3.05) is 20.1 Å². The Kier molecular flexibility index (Phi) is 5.44. The largest absolute Gasteiger partial charge is 0.416 e. The quantitative estimate of drug-likeness (QED) is 0.898. The molecule has 0 aliphatic carbocycles. The van der Waals surface area contributed by atoms with Gasteiger partial charge in [0, 0.05) is 30.9 Å². The van der Waals surface area contributed by atoms with Crippen molar-refractivity contribution in [1.82, 2.24) is 20.0 Å². The van der Waals surface area contributed by atoms with Gasteiger partial charge in [-0.25, -0.2) is 0 Å². The fourth-order valence-electron chi connectivity index (χ4n) is 3.25. The molecule has 2 aromatic rings. The van der Waals surface area contributed by atoms with Gasteiger partial charge in [0.1, 0.15) is 0 Å². The van der Waals surface area contributed by atoms with Crippen LogP contribution in [-0.4, -0.2) is 40.9 Å². The summed E-state index contributed by atoms with van der Waals surface area (Å²) in [5.41, 5.74) is 1.31. The van der Waals surface area contributed by atoms with Crippen LogP contribution in [0.25, 0.3) is 0 Å². The summed E-state index contributed by atoms with van der Waals surface area (Å²) in [7, 11) is 2.00. The van der Waals surface area contributed by atoms with Gasteiger partial charge >= 0.3 is 6.18 Å². The van der Waals surface area contributed by atoms with Crippen molar-refractivity contribution in [2.45, 2.75) is 38.1 Å². The summed E-state index contributed by atoms with van der Waals surface area (Å²) in [5.74, 6) is 0. The maximum atomic E-state index is 12.6. The number of aromatic nitrogens is 2. The molecule has 1 unspecified atom stereocenters. The fraction of sp³-hybridized carbons (Fsp3) is 0.500. The molecule has 1 aromatic carbocycles. The standard InChI is InChI=1S/C18H23F3N4/c1-22-17-3-2-8-24(13-17)10-15-9-23-25(12-15)11-14-4-6-16(7-5-14)18(19,20)21/h4-7,9,12,17,22H,2-3,8,10-11,13H2,1H3. The second-order valence-electron chi connectivity index (χ2n) is 6.60. The Morgan fingerprint density at radius 3 is 2.60 bits per heavy atom. The van der Waals surface area contributed by atoms with Crippen LogP contribution in [0.15, 0.2) is 36.7 Å². The lowest BCUT2D eigenvalue weighted by Gasteiger charge is -2.32. The van der Waals surface area contributed by atoms with Gasteiger partial charge in [-0.15, -0.1) is 0 Å². The molecule has 1 aliphatic rings. The molecular weight excluding hydrogens is 329 g/mol. The first kappa shape index (κ1) is 17.9. The average Bonchev–Trinajstić information content (AvgIpc) is 3.01. The summed E-state index contributed by atoms with van der Waals surface area (Å²) in [6, 6.07) is 5.78. The summed E-state index contributed by atoms with van der Waals surface area (Å²) < 4.78 is 39.6. The normalized spacial score (nSPS) is 19.3. The number of benzene rings is 1. The van der Waals surface area contributed by atoms with Crippen molar-refractivity contribution < 1.29 is 13.2 Å². The van der Waals surface area contributed by atoms with Gasteiger partial charge in [-0.05, 0) is 44.1 Å². The Labute approximate surface area is 145 Å². The Balaban J connectivity index is 1.58. The number of piperidine rings is 1. The monoisotopic (exact) mass is 352 g/mol. The van der Waals surface area contributed by atoms with E-state index in [0.29, 0.717) is 12.6 Å².